The van der Waals surface area contributed by atoms with Gasteiger partial charge in [-0.05, 0) is 68.1 Å². The van der Waals surface area contributed by atoms with Crippen LogP contribution in [0.3, 0.4) is 0 Å². The van der Waals surface area contributed by atoms with Gasteiger partial charge in [0, 0.05) is 46.7 Å². The zero-order chi connectivity index (χ0) is 22.7. The number of hydrogen-bond donors (Lipinski definition) is 1. The van der Waals surface area contributed by atoms with E-state index in [0.29, 0.717) is 23.1 Å². The Morgan fingerprint density at radius 1 is 1.09 bits per heavy atom. The third-order valence-electron chi connectivity index (χ3n) is 5.15. The van der Waals surface area contributed by atoms with Crippen molar-refractivity contribution in [2.24, 2.45) is 5.92 Å². The van der Waals surface area contributed by atoms with Gasteiger partial charge < -0.3 is 15.0 Å². The molecule has 1 atom stereocenters. The number of amides is 2. The second-order valence-corrected chi connectivity index (χ2v) is 8.70. The smallest absolute Gasteiger partial charge is 0.229 e. The van der Waals surface area contributed by atoms with Crippen LogP contribution in [0.15, 0.2) is 64.6 Å². The van der Waals surface area contributed by atoms with Crippen molar-refractivity contribution in [2.75, 3.05) is 23.9 Å². The van der Waals surface area contributed by atoms with Crippen molar-refractivity contribution in [1.29, 1.82) is 0 Å². The minimum Gasteiger partial charge on any atom is -0.497 e. The van der Waals surface area contributed by atoms with Crippen LogP contribution in [-0.2, 0) is 9.59 Å². The van der Waals surface area contributed by atoms with Crippen molar-refractivity contribution in [1.82, 2.24) is 9.97 Å². The van der Waals surface area contributed by atoms with E-state index in [1.807, 2.05) is 62.4 Å². The maximum absolute atomic E-state index is 12.8. The number of rotatable bonds is 6. The zero-order valence-electron chi connectivity index (χ0n) is 18.2. The maximum atomic E-state index is 12.8. The molecule has 4 rings (SSSR count). The molecule has 1 fully saturated rings. The zero-order valence-corrected chi connectivity index (χ0v) is 19.0. The Labute approximate surface area is 191 Å². The molecule has 0 radical (unpaired) electrons. The van der Waals surface area contributed by atoms with E-state index in [9.17, 15) is 9.59 Å². The van der Waals surface area contributed by atoms with Crippen molar-refractivity contribution in [3.8, 4) is 5.75 Å². The molecule has 32 heavy (non-hydrogen) atoms. The number of aromatic nitrogens is 2. The topological polar surface area (TPSA) is 84.4 Å². The second-order valence-electron chi connectivity index (χ2n) is 7.66. The predicted octanol–water partition coefficient (Wildman–Crippen LogP) is 4.24. The lowest BCUT2D eigenvalue weighted by Gasteiger charge is -2.17. The Morgan fingerprint density at radius 2 is 1.81 bits per heavy atom. The van der Waals surface area contributed by atoms with Crippen LogP contribution >= 0.6 is 11.8 Å². The Hall–Kier alpha value is -3.39. The lowest BCUT2D eigenvalue weighted by atomic mass is 10.1. The van der Waals surface area contributed by atoms with Gasteiger partial charge in [-0.1, -0.05) is 6.07 Å². The fourth-order valence-electron chi connectivity index (χ4n) is 3.61. The number of benzene rings is 2. The summed E-state index contributed by atoms with van der Waals surface area (Å²) in [4.78, 5) is 36.8. The number of anilines is 2. The van der Waals surface area contributed by atoms with E-state index < -0.39 is 5.92 Å². The first-order chi connectivity index (χ1) is 15.4. The minimum atomic E-state index is -0.411. The molecular formula is C24H24N4O3S. The van der Waals surface area contributed by atoms with E-state index in [1.54, 1.807) is 18.1 Å². The molecule has 1 aliphatic rings. The van der Waals surface area contributed by atoms with Crippen LogP contribution in [0.25, 0.3) is 0 Å². The van der Waals surface area contributed by atoms with E-state index in [4.69, 9.17) is 4.74 Å². The summed E-state index contributed by atoms with van der Waals surface area (Å²) in [6.45, 7) is 4.23. The average Bonchev–Trinajstić information content (AvgIpc) is 3.16. The quantitative estimate of drug-likeness (QED) is 0.568. The molecule has 7 nitrogen and oxygen atoms in total. The lowest BCUT2D eigenvalue weighted by Crippen LogP contribution is -2.28. The number of hydrogen-bond acceptors (Lipinski definition) is 6. The molecule has 1 unspecified atom stereocenters. The molecule has 2 amide bonds. The van der Waals surface area contributed by atoms with Crippen LogP contribution in [-0.4, -0.2) is 35.4 Å². The molecular weight excluding hydrogens is 424 g/mol. The third-order valence-corrected chi connectivity index (χ3v) is 6.03. The van der Waals surface area contributed by atoms with E-state index >= 15 is 0 Å². The number of nitrogens with one attached hydrogen (secondary N) is 1. The van der Waals surface area contributed by atoms with E-state index in [-0.39, 0.29) is 18.2 Å². The van der Waals surface area contributed by atoms with Crippen LogP contribution in [0.5, 0.6) is 5.75 Å². The highest BCUT2D eigenvalue weighted by molar-refractivity contribution is 7.99. The molecule has 0 bridgehead atoms. The number of carbonyl (C=O) groups excluding carboxylic acids is 2. The molecule has 2 heterocycles. The molecule has 1 saturated heterocycles. The summed E-state index contributed by atoms with van der Waals surface area (Å²) < 4.78 is 5.23. The SMILES string of the molecule is COc1cccc(N2CC(C(=O)Nc3ccc(Sc4nc(C)cc(C)n4)cc3)CC2=O)c1. The van der Waals surface area contributed by atoms with Crippen molar-refractivity contribution < 1.29 is 14.3 Å². The van der Waals surface area contributed by atoms with Gasteiger partial charge in [-0.2, -0.15) is 0 Å². The molecule has 1 aromatic heterocycles. The van der Waals surface area contributed by atoms with Gasteiger partial charge in [-0.15, -0.1) is 0 Å². The summed E-state index contributed by atoms with van der Waals surface area (Å²) in [5, 5.41) is 3.62. The Morgan fingerprint density at radius 3 is 2.50 bits per heavy atom. The maximum Gasteiger partial charge on any atom is 0.229 e. The standard InChI is InChI=1S/C24H24N4O3S/c1-15-11-16(2)26-24(25-15)32-21-9-7-18(8-10-21)27-23(30)17-12-22(29)28(14-17)19-5-4-6-20(13-19)31-3/h4-11,13,17H,12,14H2,1-3H3,(H,27,30). The molecule has 8 heteroatoms. The van der Waals surface area contributed by atoms with Gasteiger partial charge in [0.2, 0.25) is 11.8 Å². The first-order valence-corrected chi connectivity index (χ1v) is 11.1. The van der Waals surface area contributed by atoms with Crippen molar-refractivity contribution in [3.63, 3.8) is 0 Å². The van der Waals surface area contributed by atoms with E-state index in [1.165, 1.54) is 11.8 Å². The summed E-state index contributed by atoms with van der Waals surface area (Å²) in [5.41, 5.74) is 3.28. The Kier molecular flexibility index (Phi) is 6.41. The van der Waals surface area contributed by atoms with Crippen LogP contribution in [0.2, 0.25) is 0 Å². The van der Waals surface area contributed by atoms with Gasteiger partial charge in [0.25, 0.3) is 0 Å². The lowest BCUT2D eigenvalue weighted by molar-refractivity contribution is -0.122. The molecule has 0 saturated carbocycles. The summed E-state index contributed by atoms with van der Waals surface area (Å²) in [5.74, 6) is 0.0270. The van der Waals surface area contributed by atoms with Crippen LogP contribution in [0, 0.1) is 19.8 Å². The predicted molar refractivity (Wildman–Crippen MR) is 124 cm³/mol. The largest absolute Gasteiger partial charge is 0.497 e. The van der Waals surface area contributed by atoms with Crippen LogP contribution in [0.1, 0.15) is 17.8 Å². The number of aryl methyl sites for hydroxylation is 2. The fourth-order valence-corrected chi connectivity index (χ4v) is 4.47. The first kappa shape index (κ1) is 21.8. The highest BCUT2D eigenvalue weighted by atomic mass is 32.2. The summed E-state index contributed by atoms with van der Waals surface area (Å²) in [6.07, 6.45) is 0.182. The van der Waals surface area contributed by atoms with Crippen molar-refractivity contribution >= 4 is 35.0 Å². The normalized spacial score (nSPS) is 15.7. The van der Waals surface area contributed by atoms with Gasteiger partial charge in [-0.25, -0.2) is 9.97 Å². The van der Waals surface area contributed by atoms with Crippen LogP contribution in [0.4, 0.5) is 11.4 Å². The minimum absolute atomic E-state index is 0.0707. The first-order valence-electron chi connectivity index (χ1n) is 10.3. The average molecular weight is 449 g/mol. The number of methoxy groups -OCH3 is 1. The highest BCUT2D eigenvalue weighted by Gasteiger charge is 2.35. The van der Waals surface area contributed by atoms with Gasteiger partial charge >= 0.3 is 0 Å². The summed E-state index contributed by atoms with van der Waals surface area (Å²) >= 11 is 1.47. The monoisotopic (exact) mass is 448 g/mol. The molecule has 1 N–H and O–H groups in total. The molecule has 3 aromatic rings. The second kappa shape index (κ2) is 9.40. The number of carbonyl (C=O) groups is 2. The van der Waals surface area contributed by atoms with Gasteiger partial charge in [0.15, 0.2) is 5.16 Å². The Balaban J connectivity index is 1.38. The van der Waals surface area contributed by atoms with Gasteiger partial charge in [0.05, 0.1) is 13.0 Å². The van der Waals surface area contributed by atoms with Gasteiger partial charge in [-0.3, -0.25) is 9.59 Å². The molecule has 2 aromatic carbocycles. The fraction of sp³-hybridized carbons (Fsp3) is 0.250. The number of ether oxygens (including phenoxy) is 1. The molecule has 164 valence electrons. The summed E-state index contributed by atoms with van der Waals surface area (Å²) in [6, 6.07) is 16.8. The number of nitrogens with zero attached hydrogens (tertiary/aromatic N) is 3. The van der Waals surface area contributed by atoms with E-state index in [2.05, 4.69) is 15.3 Å². The van der Waals surface area contributed by atoms with Gasteiger partial charge in [0.1, 0.15) is 5.75 Å². The molecule has 0 aliphatic carbocycles. The summed E-state index contributed by atoms with van der Waals surface area (Å²) in [7, 11) is 1.58. The van der Waals surface area contributed by atoms with Crippen molar-refractivity contribution in [2.45, 2.75) is 30.3 Å². The third kappa shape index (κ3) is 5.08. The Bertz CT molecular complexity index is 1130. The molecule has 0 spiro atoms. The van der Waals surface area contributed by atoms with Crippen molar-refractivity contribution in [3.05, 3.63) is 66.0 Å². The van der Waals surface area contributed by atoms with E-state index in [0.717, 1.165) is 22.0 Å². The highest BCUT2D eigenvalue weighted by Crippen LogP contribution is 2.29. The van der Waals surface area contributed by atoms with Crippen LogP contribution < -0.4 is 15.0 Å². The molecule has 1 aliphatic heterocycles.